The summed E-state index contributed by atoms with van der Waals surface area (Å²) in [4.78, 5) is 54.6. The van der Waals surface area contributed by atoms with E-state index < -0.39 is 35.9 Å². The Morgan fingerprint density at radius 1 is 0.974 bits per heavy atom. The van der Waals surface area contributed by atoms with Crippen molar-refractivity contribution in [2.75, 3.05) is 19.7 Å². The molecule has 1 fully saturated rings. The van der Waals surface area contributed by atoms with Crippen LogP contribution in [0, 0.1) is 5.92 Å². The predicted molar refractivity (Wildman–Crippen MR) is 139 cm³/mol. The quantitative estimate of drug-likeness (QED) is 0.465. The van der Waals surface area contributed by atoms with Gasteiger partial charge in [0, 0.05) is 13.1 Å². The van der Waals surface area contributed by atoms with E-state index in [1.165, 1.54) is 4.90 Å². The predicted octanol–water partition coefficient (Wildman–Crippen LogP) is 1.16. The Bertz CT molecular complexity index is 1160. The molecule has 1 saturated heterocycles. The molecule has 38 heavy (non-hydrogen) atoms. The smallest absolute Gasteiger partial charge is 0.255 e. The van der Waals surface area contributed by atoms with Crippen molar-refractivity contribution in [1.82, 2.24) is 20.9 Å². The average molecular weight is 523 g/mol. The first kappa shape index (κ1) is 27.1. The molecule has 0 unspecified atom stereocenters. The second-order valence-electron chi connectivity index (χ2n) is 10.2. The van der Waals surface area contributed by atoms with Crippen molar-refractivity contribution in [3.8, 4) is 5.75 Å². The van der Waals surface area contributed by atoms with Crippen LogP contribution in [0.1, 0.15) is 48.7 Å². The molecule has 0 bridgehead atoms. The standard InChI is InChI=1S/C28H34N4O6/c1-17(2)12-19-16-38-23-11-7-6-10-21(23)26(35)30-22(13-24(34)32-14-20(33)15-32)27(36)31-25(28(37)29-19)18-8-4-3-5-9-18/h3-11,17,19-20,22,25,33H,12-16H2,1-2H3,(H,29,37)(H,30,35)(H,31,36)/t19-,22-,25-/m0/s1. The highest BCUT2D eigenvalue weighted by molar-refractivity contribution is 6.01. The fourth-order valence-corrected chi connectivity index (χ4v) is 4.59. The lowest BCUT2D eigenvalue weighted by atomic mass is 10.0. The number of rotatable bonds is 5. The molecule has 0 aromatic heterocycles. The van der Waals surface area contributed by atoms with Crippen molar-refractivity contribution in [3.05, 3.63) is 65.7 Å². The number of likely N-dealkylation sites (tertiary alicyclic amines) is 1. The van der Waals surface area contributed by atoms with Gasteiger partial charge in [0.2, 0.25) is 17.7 Å². The van der Waals surface area contributed by atoms with E-state index in [9.17, 15) is 24.3 Å². The third-order valence-electron chi connectivity index (χ3n) is 6.57. The lowest BCUT2D eigenvalue weighted by Gasteiger charge is -2.36. The zero-order valence-electron chi connectivity index (χ0n) is 21.6. The number of fused-ring (bicyclic) bond motifs is 1. The third kappa shape index (κ3) is 6.69. The highest BCUT2D eigenvalue weighted by Gasteiger charge is 2.35. The summed E-state index contributed by atoms with van der Waals surface area (Å²) in [5.41, 5.74) is 0.772. The van der Waals surface area contributed by atoms with Crippen molar-refractivity contribution in [3.63, 3.8) is 0 Å². The van der Waals surface area contributed by atoms with Gasteiger partial charge in [0.05, 0.1) is 24.1 Å². The lowest BCUT2D eigenvalue weighted by molar-refractivity contribution is -0.143. The van der Waals surface area contributed by atoms with Crippen LogP contribution in [0.4, 0.5) is 0 Å². The summed E-state index contributed by atoms with van der Waals surface area (Å²) >= 11 is 0. The minimum absolute atomic E-state index is 0.128. The SMILES string of the molecule is CC(C)C[C@H]1COc2ccccc2C(=O)N[C@@H](CC(=O)N2CC(O)C2)C(=O)N[C@@H](c2ccccc2)C(=O)N1. The summed E-state index contributed by atoms with van der Waals surface area (Å²) in [5, 5.41) is 18.0. The fraction of sp³-hybridized carbons (Fsp3) is 0.429. The van der Waals surface area contributed by atoms with Gasteiger partial charge in [-0.3, -0.25) is 19.2 Å². The molecule has 2 heterocycles. The first-order valence-electron chi connectivity index (χ1n) is 12.9. The number of β-amino-alcohol motifs (C(OH)–C–C–N with tert-alkyl or cyclic N) is 1. The van der Waals surface area contributed by atoms with Crippen LogP contribution in [-0.2, 0) is 14.4 Å². The molecular weight excluding hydrogens is 488 g/mol. The number of hydrogen-bond acceptors (Lipinski definition) is 6. The Kier molecular flexibility index (Phi) is 8.62. The van der Waals surface area contributed by atoms with Crippen LogP contribution in [0.25, 0.3) is 0 Å². The zero-order valence-corrected chi connectivity index (χ0v) is 21.6. The van der Waals surface area contributed by atoms with Gasteiger partial charge in [0.15, 0.2) is 0 Å². The number of carbonyl (C=O) groups is 4. The molecule has 4 N–H and O–H groups in total. The topological polar surface area (TPSA) is 137 Å². The van der Waals surface area contributed by atoms with Gasteiger partial charge in [-0.15, -0.1) is 0 Å². The van der Waals surface area contributed by atoms with Crippen LogP contribution >= 0.6 is 0 Å². The number of amides is 4. The average Bonchev–Trinajstić information content (AvgIpc) is 2.88. The Morgan fingerprint density at radius 3 is 2.34 bits per heavy atom. The summed E-state index contributed by atoms with van der Waals surface area (Å²) in [7, 11) is 0. The molecule has 202 valence electrons. The normalized spacial score (nSPS) is 22.9. The molecule has 2 aliphatic heterocycles. The Balaban J connectivity index is 1.68. The lowest BCUT2D eigenvalue weighted by Crippen LogP contribution is -2.57. The molecule has 2 aromatic carbocycles. The maximum atomic E-state index is 13.5. The summed E-state index contributed by atoms with van der Waals surface area (Å²) in [6.07, 6.45) is -0.308. The summed E-state index contributed by atoms with van der Waals surface area (Å²) < 4.78 is 6.01. The number of hydrogen-bond donors (Lipinski definition) is 4. The van der Waals surface area contributed by atoms with Crippen LogP contribution < -0.4 is 20.7 Å². The molecule has 2 aromatic rings. The Labute approximate surface area is 221 Å². The maximum absolute atomic E-state index is 13.5. The van der Waals surface area contributed by atoms with Crippen molar-refractivity contribution >= 4 is 23.6 Å². The van der Waals surface area contributed by atoms with Gasteiger partial charge in [-0.25, -0.2) is 0 Å². The highest BCUT2D eigenvalue weighted by Crippen LogP contribution is 2.21. The first-order valence-corrected chi connectivity index (χ1v) is 12.9. The summed E-state index contributed by atoms with van der Waals surface area (Å²) in [6, 6.07) is 12.7. The van der Waals surface area contributed by atoms with E-state index in [-0.39, 0.29) is 49.5 Å². The molecule has 4 amide bonds. The van der Waals surface area contributed by atoms with Crippen molar-refractivity contribution < 1.29 is 29.0 Å². The highest BCUT2D eigenvalue weighted by atomic mass is 16.5. The van der Waals surface area contributed by atoms with Crippen LogP contribution in [0.3, 0.4) is 0 Å². The zero-order chi connectivity index (χ0) is 27.2. The number of nitrogens with one attached hydrogen (secondary N) is 3. The fourth-order valence-electron chi connectivity index (χ4n) is 4.59. The van der Waals surface area contributed by atoms with E-state index in [4.69, 9.17) is 4.74 Å². The molecule has 0 radical (unpaired) electrons. The van der Waals surface area contributed by atoms with Gasteiger partial charge in [-0.05, 0) is 30.0 Å². The number of para-hydroxylation sites is 1. The van der Waals surface area contributed by atoms with Crippen LogP contribution in [0.5, 0.6) is 5.75 Å². The number of aliphatic hydroxyl groups is 1. The van der Waals surface area contributed by atoms with Gasteiger partial charge < -0.3 is 30.7 Å². The van der Waals surface area contributed by atoms with E-state index in [0.29, 0.717) is 17.7 Å². The van der Waals surface area contributed by atoms with Gasteiger partial charge in [0.25, 0.3) is 5.91 Å². The molecular formula is C28H34N4O6. The number of aliphatic hydroxyl groups excluding tert-OH is 1. The molecule has 0 spiro atoms. The minimum Gasteiger partial charge on any atom is -0.491 e. The van der Waals surface area contributed by atoms with E-state index >= 15 is 0 Å². The van der Waals surface area contributed by atoms with E-state index in [1.807, 2.05) is 13.8 Å². The number of ether oxygens (including phenoxy) is 1. The number of carbonyl (C=O) groups excluding carboxylic acids is 4. The third-order valence-corrected chi connectivity index (χ3v) is 6.57. The van der Waals surface area contributed by atoms with E-state index in [1.54, 1.807) is 54.6 Å². The van der Waals surface area contributed by atoms with Crippen LogP contribution in [-0.4, -0.2) is 71.5 Å². The van der Waals surface area contributed by atoms with Crippen LogP contribution in [0.15, 0.2) is 54.6 Å². The monoisotopic (exact) mass is 522 g/mol. The van der Waals surface area contributed by atoms with Crippen molar-refractivity contribution in [1.29, 1.82) is 0 Å². The minimum atomic E-state index is -1.26. The van der Waals surface area contributed by atoms with Crippen molar-refractivity contribution in [2.45, 2.75) is 50.9 Å². The molecule has 0 aliphatic carbocycles. The first-order chi connectivity index (χ1) is 18.2. The largest absolute Gasteiger partial charge is 0.491 e. The van der Waals surface area contributed by atoms with E-state index in [2.05, 4.69) is 16.0 Å². The van der Waals surface area contributed by atoms with E-state index in [0.717, 1.165) is 0 Å². The molecule has 3 atom stereocenters. The van der Waals surface area contributed by atoms with Crippen LogP contribution in [0.2, 0.25) is 0 Å². The maximum Gasteiger partial charge on any atom is 0.255 e. The van der Waals surface area contributed by atoms with Gasteiger partial charge in [0.1, 0.15) is 24.4 Å². The van der Waals surface area contributed by atoms with Gasteiger partial charge in [-0.2, -0.15) is 0 Å². The molecule has 4 rings (SSSR count). The van der Waals surface area contributed by atoms with Crippen molar-refractivity contribution in [2.24, 2.45) is 5.92 Å². The molecule has 10 nitrogen and oxygen atoms in total. The van der Waals surface area contributed by atoms with Gasteiger partial charge >= 0.3 is 0 Å². The second-order valence-corrected chi connectivity index (χ2v) is 10.2. The Morgan fingerprint density at radius 2 is 1.66 bits per heavy atom. The Hall–Kier alpha value is -3.92. The summed E-state index contributed by atoms with van der Waals surface area (Å²) in [6.45, 7) is 4.53. The second kappa shape index (κ2) is 12.1. The number of benzene rings is 2. The number of nitrogens with zero attached hydrogens (tertiary/aromatic N) is 1. The molecule has 2 aliphatic rings. The summed E-state index contributed by atoms with van der Waals surface area (Å²) in [5.74, 6) is -1.50. The molecule has 0 saturated carbocycles. The van der Waals surface area contributed by atoms with Gasteiger partial charge in [-0.1, -0.05) is 56.3 Å². The molecule has 10 heteroatoms.